The smallest absolute Gasteiger partial charge is 0.319 e. The quantitative estimate of drug-likeness (QED) is 0.244. The summed E-state index contributed by atoms with van der Waals surface area (Å²) < 4.78 is 48.9. The van der Waals surface area contributed by atoms with E-state index < -0.39 is 11.6 Å². The summed E-state index contributed by atoms with van der Waals surface area (Å²) in [6, 6.07) is 3.99. The molecule has 2 fully saturated rings. The van der Waals surface area contributed by atoms with Gasteiger partial charge < -0.3 is 29.7 Å². The number of rotatable bonds is 10. The number of nitrogens with zero attached hydrogens (tertiary/aromatic N) is 7. The summed E-state index contributed by atoms with van der Waals surface area (Å²) in [7, 11) is 7.04. The molecule has 1 aromatic carbocycles. The number of likely N-dealkylation sites (tertiary alicyclic amines) is 2. The second-order valence-electron chi connectivity index (χ2n) is 12.0. The molecule has 4 atom stereocenters. The van der Waals surface area contributed by atoms with Crippen LogP contribution in [0.1, 0.15) is 18.4 Å². The molecule has 2 aliphatic heterocycles. The molecule has 3 aromatic heterocycles. The number of carbonyl (C=O) groups excluding carboxylic acids is 1. The first-order chi connectivity index (χ1) is 23.1. The lowest BCUT2D eigenvalue weighted by molar-refractivity contribution is -0.127. The Morgan fingerprint density at radius 2 is 2.08 bits per heavy atom. The van der Waals surface area contributed by atoms with Gasteiger partial charge in [-0.2, -0.15) is 15.2 Å². The number of anilines is 2. The van der Waals surface area contributed by atoms with Gasteiger partial charge in [-0.3, -0.25) is 14.7 Å². The van der Waals surface area contributed by atoms with Gasteiger partial charge in [-0.05, 0) is 38.1 Å². The number of nitrogens with two attached hydrogens (primary N) is 1. The highest BCUT2D eigenvalue weighted by molar-refractivity contribution is 7.23. The first kappa shape index (κ1) is 33.4. The van der Waals surface area contributed by atoms with Gasteiger partial charge in [0.1, 0.15) is 40.5 Å². The van der Waals surface area contributed by atoms with Gasteiger partial charge in [0.25, 0.3) is 0 Å². The summed E-state index contributed by atoms with van der Waals surface area (Å²) in [6.07, 6.45) is 4.13. The van der Waals surface area contributed by atoms with E-state index in [1.807, 2.05) is 25.1 Å². The van der Waals surface area contributed by atoms with Crippen molar-refractivity contribution in [3.63, 3.8) is 0 Å². The minimum absolute atomic E-state index is 0.0219. The van der Waals surface area contributed by atoms with E-state index in [-0.39, 0.29) is 86.8 Å². The van der Waals surface area contributed by atoms with Gasteiger partial charge in [-0.1, -0.05) is 6.58 Å². The van der Waals surface area contributed by atoms with Crippen LogP contribution in [0.2, 0.25) is 0 Å². The fourth-order valence-electron chi connectivity index (χ4n) is 6.81. The lowest BCUT2D eigenvalue weighted by Crippen LogP contribution is -2.48. The molecule has 6 rings (SSSR count). The van der Waals surface area contributed by atoms with Crippen molar-refractivity contribution in [3.05, 3.63) is 48.2 Å². The molecule has 2 unspecified atom stereocenters. The number of aromatic nitrogens is 3. The Balaban J connectivity index is 1.48. The predicted octanol–water partition coefficient (Wildman–Crippen LogP) is 3.97. The summed E-state index contributed by atoms with van der Waals surface area (Å²) in [5, 5.41) is 10.4. The fourth-order valence-corrected chi connectivity index (χ4v) is 7.76. The molecule has 0 aliphatic carbocycles. The van der Waals surface area contributed by atoms with E-state index in [1.54, 1.807) is 19.1 Å². The van der Waals surface area contributed by atoms with E-state index in [2.05, 4.69) is 21.4 Å². The van der Waals surface area contributed by atoms with Crippen LogP contribution >= 0.6 is 11.3 Å². The number of halogens is 2. The van der Waals surface area contributed by atoms with E-state index in [4.69, 9.17) is 24.9 Å². The number of nitriles is 1. The summed E-state index contributed by atoms with van der Waals surface area (Å²) >= 11 is 0.920. The molecule has 12 nitrogen and oxygen atoms in total. The monoisotopic (exact) mass is 678 g/mol. The molecule has 0 spiro atoms. The number of likely N-dealkylation sites (N-methyl/N-ethyl adjacent to an activating group) is 2. The minimum atomic E-state index is -0.795. The topological polar surface area (TPSA) is 143 Å². The Kier molecular flexibility index (Phi) is 9.44. The van der Waals surface area contributed by atoms with Crippen LogP contribution in [0.25, 0.3) is 32.2 Å². The van der Waals surface area contributed by atoms with E-state index in [0.29, 0.717) is 24.2 Å². The van der Waals surface area contributed by atoms with Gasteiger partial charge >= 0.3 is 6.01 Å². The summed E-state index contributed by atoms with van der Waals surface area (Å²) in [6.45, 7) is 5.35. The van der Waals surface area contributed by atoms with Crippen LogP contribution < -0.4 is 15.4 Å². The average Bonchev–Trinajstić information content (AvgIpc) is 3.78. The molecule has 2 aliphatic rings. The highest BCUT2D eigenvalue weighted by Crippen LogP contribution is 2.42. The van der Waals surface area contributed by atoms with Crippen LogP contribution in [-0.4, -0.2) is 110 Å². The zero-order valence-electron chi connectivity index (χ0n) is 27.1. The predicted molar refractivity (Wildman–Crippen MR) is 179 cm³/mol. The van der Waals surface area contributed by atoms with Crippen molar-refractivity contribution in [2.75, 3.05) is 65.3 Å². The Morgan fingerprint density at radius 3 is 2.77 bits per heavy atom. The molecule has 48 heavy (non-hydrogen) atoms. The number of thiophene rings is 1. The van der Waals surface area contributed by atoms with Gasteiger partial charge in [0, 0.05) is 57.5 Å². The molecule has 0 radical (unpaired) electrons. The number of benzene rings is 1. The lowest BCUT2D eigenvalue weighted by Gasteiger charge is -2.33. The van der Waals surface area contributed by atoms with E-state index in [0.717, 1.165) is 24.3 Å². The van der Waals surface area contributed by atoms with Crippen molar-refractivity contribution in [1.29, 1.82) is 5.26 Å². The van der Waals surface area contributed by atoms with Crippen molar-refractivity contribution in [2.45, 2.75) is 37.1 Å². The third kappa shape index (κ3) is 5.79. The second-order valence-corrected chi connectivity index (χ2v) is 13.0. The number of hydrogen-bond donors (Lipinski definition) is 1. The lowest BCUT2D eigenvalue weighted by atomic mass is 10.0. The SMILES string of the molecule is C=CC(=O)N1CCC(N(C)c2nc(OC[C@@H]3C[C@@H](OC)CN3C)nc3c(F)c(-c4ccc(F)c5sc(N)c(C#N)c45)ncc23)C1COC. The Morgan fingerprint density at radius 1 is 1.29 bits per heavy atom. The zero-order valence-corrected chi connectivity index (χ0v) is 27.9. The maximum Gasteiger partial charge on any atom is 0.319 e. The highest BCUT2D eigenvalue weighted by Gasteiger charge is 2.40. The number of pyridine rings is 1. The summed E-state index contributed by atoms with van der Waals surface area (Å²) in [4.78, 5) is 32.2. The van der Waals surface area contributed by atoms with E-state index in [9.17, 15) is 14.4 Å². The number of fused-ring (bicyclic) bond motifs is 2. The van der Waals surface area contributed by atoms with Crippen LogP contribution in [0.4, 0.5) is 19.6 Å². The normalized spacial score (nSPS) is 21.2. The minimum Gasteiger partial charge on any atom is -0.462 e. The van der Waals surface area contributed by atoms with Gasteiger partial charge in [0.05, 0.1) is 40.4 Å². The molecule has 5 heterocycles. The number of hydrogen-bond acceptors (Lipinski definition) is 12. The van der Waals surface area contributed by atoms with Crippen LogP contribution in [0.5, 0.6) is 6.01 Å². The molecule has 1 amide bonds. The van der Waals surface area contributed by atoms with Gasteiger partial charge in [-0.25, -0.2) is 8.78 Å². The Hall–Kier alpha value is -4.49. The third-order valence-electron chi connectivity index (χ3n) is 9.35. The molecule has 4 aromatic rings. The number of nitrogen functional groups attached to an aromatic ring is 1. The summed E-state index contributed by atoms with van der Waals surface area (Å²) in [5.74, 6) is -1.23. The molecule has 0 saturated carbocycles. The molecular formula is C33H36F2N8O4S. The molecule has 2 N–H and O–H groups in total. The molecular weight excluding hydrogens is 642 g/mol. The third-order valence-corrected chi connectivity index (χ3v) is 10.4. The number of methoxy groups -OCH3 is 2. The maximum atomic E-state index is 16.8. The average molecular weight is 679 g/mol. The number of carbonyl (C=O) groups is 1. The largest absolute Gasteiger partial charge is 0.462 e. The van der Waals surface area contributed by atoms with Crippen molar-refractivity contribution in [3.8, 4) is 23.3 Å². The van der Waals surface area contributed by atoms with Crippen LogP contribution in [0.3, 0.4) is 0 Å². The Bertz CT molecular complexity index is 1930. The van der Waals surface area contributed by atoms with Gasteiger partial charge in [-0.15, -0.1) is 11.3 Å². The van der Waals surface area contributed by atoms with Crippen molar-refractivity contribution >= 4 is 49.1 Å². The standard InChI is InChI=1S/C33H36F2N8O4S/c1-6-25(44)43-10-9-23(24(43)16-45-4)42(3)32-21-13-38-28(19-7-8-22(34)30-26(19)20(12-36)31(37)48-30)27(35)29(21)39-33(40-32)47-15-17-11-18(46-5)14-41(17)2/h6-8,13,17-18,23-24H,1,9-11,14-16,37H2,2-5H3/t17-,18+,23?,24?/m0/s1. The summed E-state index contributed by atoms with van der Waals surface area (Å²) in [5.41, 5.74) is 6.11. The second kappa shape index (κ2) is 13.6. The van der Waals surface area contributed by atoms with Crippen LogP contribution in [0, 0.1) is 23.0 Å². The fraction of sp³-hybridized carbons (Fsp3) is 0.424. The van der Waals surface area contributed by atoms with Gasteiger partial charge in [0.2, 0.25) is 5.91 Å². The van der Waals surface area contributed by atoms with Crippen molar-refractivity contribution in [1.82, 2.24) is 24.8 Å². The molecule has 2 saturated heterocycles. The van der Waals surface area contributed by atoms with Crippen molar-refractivity contribution < 1.29 is 27.8 Å². The maximum absolute atomic E-state index is 16.8. The first-order valence-corrected chi connectivity index (χ1v) is 16.2. The first-order valence-electron chi connectivity index (χ1n) is 15.4. The molecule has 0 bridgehead atoms. The van der Waals surface area contributed by atoms with E-state index >= 15 is 4.39 Å². The number of amides is 1. The Labute approximate surface area is 280 Å². The van der Waals surface area contributed by atoms with Crippen LogP contribution in [-0.2, 0) is 14.3 Å². The highest BCUT2D eigenvalue weighted by atomic mass is 32.1. The van der Waals surface area contributed by atoms with E-state index in [1.165, 1.54) is 24.4 Å². The zero-order chi connectivity index (χ0) is 34.3. The number of ether oxygens (including phenoxy) is 3. The van der Waals surface area contributed by atoms with Crippen LogP contribution in [0.15, 0.2) is 31.0 Å². The molecule has 252 valence electrons. The van der Waals surface area contributed by atoms with Crippen molar-refractivity contribution in [2.24, 2.45) is 0 Å². The van der Waals surface area contributed by atoms with Gasteiger partial charge in [0.15, 0.2) is 5.82 Å². The molecule has 15 heteroatoms.